The van der Waals surface area contributed by atoms with Gasteiger partial charge in [0.15, 0.2) is 5.82 Å². The Morgan fingerprint density at radius 3 is 2.88 bits per heavy atom. The summed E-state index contributed by atoms with van der Waals surface area (Å²) in [6.07, 6.45) is 3.76. The average molecular weight is 221 g/mol. The van der Waals surface area contributed by atoms with Crippen molar-refractivity contribution in [3.63, 3.8) is 0 Å². The van der Waals surface area contributed by atoms with Crippen molar-refractivity contribution in [2.75, 3.05) is 18.0 Å². The highest BCUT2D eigenvalue weighted by Gasteiger charge is 2.15. The molecule has 1 aromatic heterocycles. The number of rotatable bonds is 2. The first-order valence-corrected chi connectivity index (χ1v) is 5.98. The van der Waals surface area contributed by atoms with Gasteiger partial charge >= 0.3 is 0 Å². The van der Waals surface area contributed by atoms with Gasteiger partial charge in [-0.25, -0.2) is 0 Å². The topological polar surface area (TPSA) is 49.2 Å². The highest BCUT2D eigenvalue weighted by molar-refractivity contribution is 5.37. The van der Waals surface area contributed by atoms with Gasteiger partial charge in [-0.15, -0.1) is 5.10 Å². The van der Waals surface area contributed by atoms with E-state index in [0.717, 1.165) is 24.8 Å². The van der Waals surface area contributed by atoms with Gasteiger partial charge < -0.3 is 10.0 Å². The monoisotopic (exact) mass is 221 g/mol. The first-order valence-electron chi connectivity index (χ1n) is 5.98. The second-order valence-electron chi connectivity index (χ2n) is 4.56. The van der Waals surface area contributed by atoms with Gasteiger partial charge in [-0.1, -0.05) is 6.92 Å². The molecule has 0 amide bonds. The minimum atomic E-state index is -0.0374. The fourth-order valence-corrected chi connectivity index (χ4v) is 2.10. The molecule has 2 heterocycles. The van der Waals surface area contributed by atoms with Crippen LogP contribution in [0.15, 0.2) is 12.1 Å². The third kappa shape index (κ3) is 2.70. The smallest absolute Gasteiger partial charge is 0.151 e. The lowest BCUT2D eigenvalue weighted by Gasteiger charge is -2.20. The maximum atomic E-state index is 8.90. The largest absolute Gasteiger partial charge is 0.390 e. The minimum absolute atomic E-state index is 0.0374. The third-order valence-corrected chi connectivity index (χ3v) is 3.21. The first kappa shape index (κ1) is 11.3. The van der Waals surface area contributed by atoms with E-state index in [1.54, 1.807) is 0 Å². The van der Waals surface area contributed by atoms with Crippen LogP contribution < -0.4 is 4.90 Å². The predicted molar refractivity (Wildman–Crippen MR) is 63.2 cm³/mol. The van der Waals surface area contributed by atoms with Crippen LogP contribution in [0.25, 0.3) is 0 Å². The van der Waals surface area contributed by atoms with Crippen molar-refractivity contribution in [1.29, 1.82) is 0 Å². The maximum Gasteiger partial charge on any atom is 0.151 e. The predicted octanol–water partition coefficient (Wildman–Crippen LogP) is 1.60. The number of aliphatic hydroxyl groups excluding tert-OH is 1. The zero-order chi connectivity index (χ0) is 11.4. The van der Waals surface area contributed by atoms with Gasteiger partial charge in [-0.05, 0) is 37.3 Å². The van der Waals surface area contributed by atoms with Gasteiger partial charge in [0.2, 0.25) is 0 Å². The van der Waals surface area contributed by atoms with Gasteiger partial charge in [0.05, 0.1) is 12.3 Å². The lowest BCUT2D eigenvalue weighted by Crippen LogP contribution is -2.25. The molecular formula is C12H19N3O. The van der Waals surface area contributed by atoms with Gasteiger partial charge in [-0.2, -0.15) is 5.10 Å². The molecular weight excluding hydrogens is 202 g/mol. The summed E-state index contributed by atoms with van der Waals surface area (Å²) < 4.78 is 0. The Hall–Kier alpha value is -1.16. The molecule has 0 saturated carbocycles. The maximum absolute atomic E-state index is 8.90. The van der Waals surface area contributed by atoms with E-state index >= 15 is 0 Å². The summed E-state index contributed by atoms with van der Waals surface area (Å²) in [6.45, 7) is 4.40. The number of aromatic nitrogens is 2. The van der Waals surface area contributed by atoms with E-state index in [1.807, 2.05) is 12.1 Å². The molecule has 1 unspecified atom stereocenters. The molecule has 1 aliphatic heterocycles. The number of anilines is 1. The quantitative estimate of drug-likeness (QED) is 0.824. The van der Waals surface area contributed by atoms with E-state index in [2.05, 4.69) is 22.0 Å². The Labute approximate surface area is 96.3 Å². The van der Waals surface area contributed by atoms with E-state index in [9.17, 15) is 0 Å². The van der Waals surface area contributed by atoms with Crippen molar-refractivity contribution in [1.82, 2.24) is 10.2 Å². The average Bonchev–Trinajstić information content (AvgIpc) is 2.54. The summed E-state index contributed by atoms with van der Waals surface area (Å²) >= 11 is 0. The van der Waals surface area contributed by atoms with Crippen molar-refractivity contribution in [2.24, 2.45) is 5.92 Å². The van der Waals surface area contributed by atoms with Gasteiger partial charge in [0.1, 0.15) is 0 Å². The second kappa shape index (κ2) is 5.25. The molecule has 4 heteroatoms. The SMILES string of the molecule is CC1CCCN(c2ccc(CO)nn2)CC1. The molecule has 1 N–H and O–H groups in total. The summed E-state index contributed by atoms with van der Waals surface area (Å²) in [5.74, 6) is 1.75. The van der Waals surface area contributed by atoms with Crippen molar-refractivity contribution in [2.45, 2.75) is 32.8 Å². The van der Waals surface area contributed by atoms with E-state index < -0.39 is 0 Å². The molecule has 88 valence electrons. The molecule has 4 nitrogen and oxygen atoms in total. The Bertz CT molecular complexity index is 326. The molecule has 0 spiro atoms. The molecule has 16 heavy (non-hydrogen) atoms. The van der Waals surface area contributed by atoms with Crippen molar-refractivity contribution in [3.8, 4) is 0 Å². The number of hydrogen-bond acceptors (Lipinski definition) is 4. The highest BCUT2D eigenvalue weighted by Crippen LogP contribution is 2.20. The standard InChI is InChI=1S/C12H19N3O/c1-10-3-2-7-15(8-6-10)12-5-4-11(9-16)13-14-12/h4-5,10,16H,2-3,6-9H2,1H3. The highest BCUT2D eigenvalue weighted by atomic mass is 16.3. The summed E-state index contributed by atoms with van der Waals surface area (Å²) in [7, 11) is 0. The molecule has 0 aromatic carbocycles. The van der Waals surface area contributed by atoms with Crippen LogP contribution in [0.2, 0.25) is 0 Å². The van der Waals surface area contributed by atoms with Crippen LogP contribution in [0.3, 0.4) is 0 Å². The Morgan fingerprint density at radius 1 is 1.31 bits per heavy atom. The van der Waals surface area contributed by atoms with Crippen LogP contribution in [-0.4, -0.2) is 28.4 Å². The normalized spacial score (nSPS) is 21.9. The fraction of sp³-hybridized carbons (Fsp3) is 0.667. The molecule has 1 aliphatic rings. The van der Waals surface area contributed by atoms with Crippen LogP contribution in [-0.2, 0) is 6.61 Å². The van der Waals surface area contributed by atoms with E-state index in [1.165, 1.54) is 19.3 Å². The molecule has 1 fully saturated rings. The summed E-state index contributed by atoms with van der Waals surface area (Å²) in [5.41, 5.74) is 0.631. The molecule has 1 aromatic rings. The molecule has 1 saturated heterocycles. The van der Waals surface area contributed by atoms with Crippen LogP contribution in [0.1, 0.15) is 31.9 Å². The zero-order valence-electron chi connectivity index (χ0n) is 9.76. The van der Waals surface area contributed by atoms with Gasteiger partial charge in [-0.3, -0.25) is 0 Å². The lowest BCUT2D eigenvalue weighted by atomic mass is 10.0. The van der Waals surface area contributed by atoms with E-state index in [0.29, 0.717) is 5.69 Å². The van der Waals surface area contributed by atoms with Crippen LogP contribution >= 0.6 is 0 Å². The van der Waals surface area contributed by atoms with Crippen molar-refractivity contribution >= 4 is 5.82 Å². The zero-order valence-corrected chi connectivity index (χ0v) is 9.76. The second-order valence-corrected chi connectivity index (χ2v) is 4.56. The molecule has 0 bridgehead atoms. The molecule has 2 rings (SSSR count). The summed E-state index contributed by atoms with van der Waals surface area (Å²) in [6, 6.07) is 3.80. The van der Waals surface area contributed by atoms with Crippen molar-refractivity contribution in [3.05, 3.63) is 17.8 Å². The van der Waals surface area contributed by atoms with Crippen LogP contribution in [0.4, 0.5) is 5.82 Å². The molecule has 0 radical (unpaired) electrons. The van der Waals surface area contributed by atoms with Crippen LogP contribution in [0, 0.1) is 5.92 Å². The number of nitrogens with zero attached hydrogens (tertiary/aromatic N) is 3. The van der Waals surface area contributed by atoms with Crippen molar-refractivity contribution < 1.29 is 5.11 Å². The number of hydrogen-bond donors (Lipinski definition) is 1. The van der Waals surface area contributed by atoms with E-state index in [4.69, 9.17) is 5.11 Å². The van der Waals surface area contributed by atoms with Gasteiger partial charge in [0, 0.05) is 13.1 Å². The molecule has 1 atom stereocenters. The first-order chi connectivity index (χ1) is 7.79. The summed E-state index contributed by atoms with van der Waals surface area (Å²) in [5, 5.41) is 17.0. The minimum Gasteiger partial charge on any atom is -0.390 e. The Morgan fingerprint density at radius 2 is 2.19 bits per heavy atom. The number of aliphatic hydroxyl groups is 1. The summed E-state index contributed by atoms with van der Waals surface area (Å²) in [4.78, 5) is 2.29. The molecule has 0 aliphatic carbocycles. The third-order valence-electron chi connectivity index (χ3n) is 3.21. The fourth-order valence-electron chi connectivity index (χ4n) is 2.10. The van der Waals surface area contributed by atoms with Gasteiger partial charge in [0.25, 0.3) is 0 Å². The van der Waals surface area contributed by atoms with E-state index in [-0.39, 0.29) is 6.61 Å². The Kier molecular flexibility index (Phi) is 3.72. The lowest BCUT2D eigenvalue weighted by molar-refractivity contribution is 0.275. The van der Waals surface area contributed by atoms with Crippen LogP contribution in [0.5, 0.6) is 0 Å². The Balaban J connectivity index is 2.04.